The number of nitrogens with zero attached hydrogens (tertiary/aromatic N) is 1. The number of nitrogens with one attached hydrogen (secondary N) is 1. The molecule has 1 aromatic carbocycles. The largest absolute Gasteiger partial charge is 0.493 e. The molecule has 2 N–H and O–H groups in total. The van der Waals surface area contributed by atoms with Crippen molar-refractivity contribution >= 4 is 15.9 Å². The quantitative estimate of drug-likeness (QED) is 0.873. The van der Waals surface area contributed by atoms with Crippen LogP contribution in [0.3, 0.4) is 0 Å². The van der Waals surface area contributed by atoms with Gasteiger partial charge in [-0.15, -0.1) is 0 Å². The van der Waals surface area contributed by atoms with E-state index in [-0.39, 0.29) is 22.9 Å². The third-order valence-electron chi connectivity index (χ3n) is 3.67. The molecular weight excluding hydrogens is 336 g/mol. The minimum Gasteiger partial charge on any atom is -0.493 e. The number of H-pyrrole nitrogens is 1. The highest BCUT2D eigenvalue weighted by Gasteiger charge is 2.22. The summed E-state index contributed by atoms with van der Waals surface area (Å²) in [6, 6.07) is 7.25. The predicted octanol–water partition coefficient (Wildman–Crippen LogP) is 2.80. The minimum atomic E-state index is -0.323. The van der Waals surface area contributed by atoms with Gasteiger partial charge in [0, 0.05) is 29.2 Å². The number of halogens is 1. The van der Waals surface area contributed by atoms with Crippen molar-refractivity contribution in [2.75, 3.05) is 13.2 Å². The molecule has 5 nitrogen and oxygen atoms in total. The molecule has 3 rings (SSSR count). The zero-order valence-corrected chi connectivity index (χ0v) is 12.9. The molecule has 0 amide bonds. The monoisotopic (exact) mass is 350 g/mol. The van der Waals surface area contributed by atoms with Crippen molar-refractivity contribution in [2.45, 2.75) is 18.8 Å². The lowest BCUT2D eigenvalue weighted by atomic mass is 9.99. The Morgan fingerprint density at radius 2 is 2.00 bits per heavy atom. The first-order valence-electron chi connectivity index (χ1n) is 6.82. The van der Waals surface area contributed by atoms with E-state index in [0.29, 0.717) is 24.6 Å². The minimum absolute atomic E-state index is 0.130. The van der Waals surface area contributed by atoms with Gasteiger partial charge < -0.3 is 14.8 Å². The molecule has 110 valence electrons. The predicted molar refractivity (Wildman–Crippen MR) is 82.5 cm³/mol. The van der Waals surface area contributed by atoms with Crippen molar-refractivity contribution < 1.29 is 9.84 Å². The fraction of sp³-hybridized carbons (Fsp3) is 0.333. The van der Waals surface area contributed by atoms with Gasteiger partial charge in [-0.1, -0.05) is 34.1 Å². The summed E-state index contributed by atoms with van der Waals surface area (Å²) in [4.78, 5) is 19.4. The third kappa shape index (κ3) is 2.87. The number of ether oxygens (including phenoxy) is 1. The number of aromatic hydroxyl groups is 1. The van der Waals surface area contributed by atoms with Gasteiger partial charge in [0.05, 0.1) is 0 Å². The van der Waals surface area contributed by atoms with Crippen molar-refractivity contribution in [2.24, 2.45) is 0 Å². The summed E-state index contributed by atoms with van der Waals surface area (Å²) in [5.41, 5.74) is 0.497. The maximum Gasteiger partial charge on any atom is 0.262 e. The Morgan fingerprint density at radius 3 is 2.67 bits per heavy atom. The van der Waals surface area contributed by atoms with E-state index in [0.717, 1.165) is 17.3 Å². The standard InChI is InChI=1S/C15H15BrN2O3/c16-11-4-2-1-3-10(11)12-14(19)17-13(18-15(12)20)9-5-7-21-8-6-9/h1-4,9H,5-8H2,(H2,17,18,19,20). The molecule has 0 atom stereocenters. The van der Waals surface area contributed by atoms with Crippen LogP contribution in [0.25, 0.3) is 11.1 Å². The van der Waals surface area contributed by atoms with Gasteiger partial charge >= 0.3 is 0 Å². The Hall–Kier alpha value is -1.66. The number of aromatic amines is 1. The fourth-order valence-electron chi connectivity index (χ4n) is 2.55. The summed E-state index contributed by atoms with van der Waals surface area (Å²) in [5, 5.41) is 10.2. The number of aromatic nitrogens is 2. The molecule has 1 aliphatic rings. The van der Waals surface area contributed by atoms with E-state index in [2.05, 4.69) is 25.9 Å². The van der Waals surface area contributed by atoms with Crippen molar-refractivity contribution in [1.82, 2.24) is 9.97 Å². The Morgan fingerprint density at radius 1 is 1.29 bits per heavy atom. The zero-order chi connectivity index (χ0) is 14.8. The highest BCUT2D eigenvalue weighted by Crippen LogP contribution is 2.32. The molecule has 1 fully saturated rings. The van der Waals surface area contributed by atoms with Crippen molar-refractivity contribution in [3.8, 4) is 17.0 Å². The van der Waals surface area contributed by atoms with Gasteiger partial charge in [0.15, 0.2) is 0 Å². The molecular formula is C15H15BrN2O3. The van der Waals surface area contributed by atoms with Crippen LogP contribution in [0.5, 0.6) is 5.88 Å². The van der Waals surface area contributed by atoms with Gasteiger partial charge in [0.25, 0.3) is 5.56 Å². The second-order valence-corrected chi connectivity index (χ2v) is 5.87. The number of hydrogen-bond acceptors (Lipinski definition) is 4. The maximum atomic E-state index is 12.3. The van der Waals surface area contributed by atoms with E-state index in [1.165, 1.54) is 0 Å². The van der Waals surface area contributed by atoms with Gasteiger partial charge in [-0.3, -0.25) is 4.79 Å². The summed E-state index contributed by atoms with van der Waals surface area (Å²) in [6.45, 7) is 1.31. The van der Waals surface area contributed by atoms with E-state index >= 15 is 0 Å². The van der Waals surface area contributed by atoms with Gasteiger partial charge in [0.1, 0.15) is 11.4 Å². The van der Waals surface area contributed by atoms with Gasteiger partial charge in [-0.2, -0.15) is 4.98 Å². The van der Waals surface area contributed by atoms with Crippen LogP contribution in [0.1, 0.15) is 24.6 Å². The molecule has 0 spiro atoms. The average Bonchev–Trinajstić information content (AvgIpc) is 2.49. The van der Waals surface area contributed by atoms with Gasteiger partial charge in [0.2, 0.25) is 5.88 Å². The van der Waals surface area contributed by atoms with Gasteiger partial charge in [-0.25, -0.2) is 0 Å². The molecule has 1 aliphatic heterocycles. The summed E-state index contributed by atoms with van der Waals surface area (Å²) in [7, 11) is 0. The van der Waals surface area contributed by atoms with Crippen LogP contribution in [0.2, 0.25) is 0 Å². The Kier molecular flexibility index (Phi) is 4.07. The molecule has 0 radical (unpaired) electrons. The summed E-state index contributed by atoms with van der Waals surface area (Å²) >= 11 is 3.39. The number of benzene rings is 1. The molecule has 0 aliphatic carbocycles. The second-order valence-electron chi connectivity index (χ2n) is 5.02. The lowest BCUT2D eigenvalue weighted by Gasteiger charge is -2.21. The second kappa shape index (κ2) is 5.99. The molecule has 0 unspecified atom stereocenters. The molecule has 2 aromatic rings. The van der Waals surface area contributed by atoms with Crippen LogP contribution in [0, 0.1) is 0 Å². The van der Waals surface area contributed by atoms with Crippen molar-refractivity contribution in [1.29, 1.82) is 0 Å². The Labute approximate surface area is 130 Å². The number of hydrogen-bond donors (Lipinski definition) is 2. The van der Waals surface area contributed by atoms with E-state index in [1.807, 2.05) is 18.2 Å². The highest BCUT2D eigenvalue weighted by atomic mass is 79.9. The van der Waals surface area contributed by atoms with Crippen LogP contribution in [-0.2, 0) is 4.74 Å². The van der Waals surface area contributed by atoms with Crippen LogP contribution >= 0.6 is 15.9 Å². The molecule has 21 heavy (non-hydrogen) atoms. The lowest BCUT2D eigenvalue weighted by molar-refractivity contribution is 0.0834. The lowest BCUT2D eigenvalue weighted by Crippen LogP contribution is -2.21. The van der Waals surface area contributed by atoms with E-state index in [4.69, 9.17) is 4.74 Å². The molecule has 0 bridgehead atoms. The average molecular weight is 351 g/mol. The normalized spacial score (nSPS) is 16.0. The summed E-state index contributed by atoms with van der Waals surface area (Å²) in [6.07, 6.45) is 1.60. The molecule has 2 heterocycles. The van der Waals surface area contributed by atoms with Crippen molar-refractivity contribution in [3.63, 3.8) is 0 Å². The molecule has 0 saturated carbocycles. The molecule has 6 heteroatoms. The van der Waals surface area contributed by atoms with Crippen molar-refractivity contribution in [3.05, 3.63) is 44.9 Å². The van der Waals surface area contributed by atoms with Crippen LogP contribution in [0.4, 0.5) is 0 Å². The first-order valence-corrected chi connectivity index (χ1v) is 7.62. The Balaban J connectivity index is 2.05. The number of rotatable bonds is 2. The van der Waals surface area contributed by atoms with E-state index in [1.54, 1.807) is 6.07 Å². The van der Waals surface area contributed by atoms with Crippen LogP contribution in [-0.4, -0.2) is 28.3 Å². The molecule has 1 aromatic heterocycles. The third-order valence-corrected chi connectivity index (χ3v) is 4.36. The first kappa shape index (κ1) is 14.3. The maximum absolute atomic E-state index is 12.3. The first-order chi connectivity index (χ1) is 10.2. The fourth-order valence-corrected chi connectivity index (χ4v) is 3.03. The summed E-state index contributed by atoms with van der Waals surface area (Å²) in [5.74, 6) is 0.439. The molecule has 1 saturated heterocycles. The zero-order valence-electron chi connectivity index (χ0n) is 11.3. The van der Waals surface area contributed by atoms with E-state index in [9.17, 15) is 9.90 Å². The summed E-state index contributed by atoms with van der Waals surface area (Å²) < 4.78 is 6.04. The Bertz CT molecular complexity index is 708. The van der Waals surface area contributed by atoms with Gasteiger partial charge in [-0.05, 0) is 18.9 Å². The SMILES string of the molecule is O=c1[nH]c(C2CCOCC2)nc(O)c1-c1ccccc1Br. The highest BCUT2D eigenvalue weighted by molar-refractivity contribution is 9.10. The topological polar surface area (TPSA) is 75.2 Å². The van der Waals surface area contributed by atoms with Crippen LogP contribution in [0.15, 0.2) is 33.5 Å². The smallest absolute Gasteiger partial charge is 0.262 e. The van der Waals surface area contributed by atoms with E-state index < -0.39 is 0 Å². The van der Waals surface area contributed by atoms with Crippen LogP contribution < -0.4 is 5.56 Å².